The van der Waals surface area contributed by atoms with Crippen LogP contribution in [-0.2, 0) is 18.0 Å². The summed E-state index contributed by atoms with van der Waals surface area (Å²) in [7, 11) is 0. The van der Waals surface area contributed by atoms with Crippen LogP contribution in [0, 0.1) is 0 Å². The summed E-state index contributed by atoms with van der Waals surface area (Å²) in [6, 6.07) is 5.97. The first-order chi connectivity index (χ1) is 5.77. The highest BCUT2D eigenvalue weighted by Crippen LogP contribution is 2.20. The van der Waals surface area contributed by atoms with Crippen molar-refractivity contribution in [2.75, 3.05) is 0 Å². The molecule has 0 saturated carbocycles. The van der Waals surface area contributed by atoms with Crippen LogP contribution in [0.25, 0.3) is 0 Å². The van der Waals surface area contributed by atoms with Crippen molar-refractivity contribution in [3.05, 3.63) is 34.9 Å². The number of thiocarbonyl (C=S) groups is 1. The number of hydrogen-bond donors (Lipinski definition) is 1. The lowest BCUT2D eigenvalue weighted by Crippen LogP contribution is -2.09. The zero-order chi connectivity index (χ0) is 8.55. The van der Waals surface area contributed by atoms with Gasteiger partial charge in [0.2, 0.25) is 0 Å². The number of nitrogens with two attached hydrogens (primary N) is 1. The van der Waals surface area contributed by atoms with E-state index in [1.54, 1.807) is 0 Å². The lowest BCUT2D eigenvalue weighted by atomic mass is 10.1. The SMILES string of the molecule is NC(=S)c1ccc2c(c1)COC2. The monoisotopic (exact) mass is 179 g/mol. The molecule has 2 rings (SSSR count). The number of ether oxygens (including phenoxy) is 1. The molecule has 0 amide bonds. The van der Waals surface area contributed by atoms with Gasteiger partial charge in [0.1, 0.15) is 4.99 Å². The van der Waals surface area contributed by atoms with E-state index in [2.05, 4.69) is 0 Å². The molecular formula is C9H9NOS. The summed E-state index contributed by atoms with van der Waals surface area (Å²) in [5.41, 5.74) is 8.88. The Morgan fingerprint density at radius 2 is 2.08 bits per heavy atom. The van der Waals surface area contributed by atoms with Crippen molar-refractivity contribution in [1.29, 1.82) is 0 Å². The number of rotatable bonds is 1. The van der Waals surface area contributed by atoms with E-state index in [-0.39, 0.29) is 0 Å². The zero-order valence-corrected chi connectivity index (χ0v) is 7.36. The van der Waals surface area contributed by atoms with Gasteiger partial charge in [-0.15, -0.1) is 0 Å². The highest BCUT2D eigenvalue weighted by molar-refractivity contribution is 7.80. The van der Waals surface area contributed by atoms with Crippen molar-refractivity contribution < 1.29 is 4.74 Å². The first-order valence-corrected chi connectivity index (χ1v) is 4.17. The molecule has 0 fully saturated rings. The van der Waals surface area contributed by atoms with Gasteiger partial charge in [-0.05, 0) is 17.2 Å². The third-order valence-electron chi connectivity index (χ3n) is 2.01. The minimum Gasteiger partial charge on any atom is -0.389 e. The van der Waals surface area contributed by atoms with E-state index in [0.717, 1.165) is 5.56 Å². The first kappa shape index (κ1) is 7.71. The molecule has 62 valence electrons. The van der Waals surface area contributed by atoms with Crippen LogP contribution in [0.1, 0.15) is 16.7 Å². The lowest BCUT2D eigenvalue weighted by Gasteiger charge is -2.00. The van der Waals surface area contributed by atoms with Gasteiger partial charge in [-0.25, -0.2) is 0 Å². The fourth-order valence-corrected chi connectivity index (χ4v) is 1.45. The van der Waals surface area contributed by atoms with Gasteiger partial charge >= 0.3 is 0 Å². The van der Waals surface area contributed by atoms with Gasteiger partial charge in [-0.1, -0.05) is 24.4 Å². The lowest BCUT2D eigenvalue weighted by molar-refractivity contribution is 0.134. The highest BCUT2D eigenvalue weighted by Gasteiger charge is 2.11. The van der Waals surface area contributed by atoms with Crippen molar-refractivity contribution in [3.63, 3.8) is 0 Å². The van der Waals surface area contributed by atoms with Crippen molar-refractivity contribution in [1.82, 2.24) is 0 Å². The van der Waals surface area contributed by atoms with Crippen molar-refractivity contribution in [3.8, 4) is 0 Å². The summed E-state index contributed by atoms with van der Waals surface area (Å²) in [6.07, 6.45) is 0. The smallest absolute Gasteiger partial charge is 0.103 e. The van der Waals surface area contributed by atoms with Gasteiger partial charge in [0.25, 0.3) is 0 Å². The van der Waals surface area contributed by atoms with Crippen LogP contribution in [0.3, 0.4) is 0 Å². The second-order valence-electron chi connectivity index (χ2n) is 2.84. The second-order valence-corrected chi connectivity index (χ2v) is 3.28. The largest absolute Gasteiger partial charge is 0.389 e. The van der Waals surface area contributed by atoms with Gasteiger partial charge in [0, 0.05) is 5.56 Å². The molecule has 3 heteroatoms. The predicted octanol–water partition coefficient (Wildman–Crippen LogP) is 1.35. The Morgan fingerprint density at radius 1 is 1.33 bits per heavy atom. The molecule has 0 aliphatic carbocycles. The molecule has 0 aromatic heterocycles. The van der Waals surface area contributed by atoms with Gasteiger partial charge < -0.3 is 10.5 Å². The standard InChI is InChI=1S/C9H9NOS/c10-9(12)6-1-2-7-4-11-5-8(7)3-6/h1-3H,4-5H2,(H2,10,12). The molecule has 0 saturated heterocycles. The number of benzene rings is 1. The normalized spacial score (nSPS) is 14.3. The van der Waals surface area contributed by atoms with Crippen LogP contribution in [0.4, 0.5) is 0 Å². The predicted molar refractivity (Wildman–Crippen MR) is 50.8 cm³/mol. The molecule has 1 heterocycles. The zero-order valence-electron chi connectivity index (χ0n) is 6.54. The maximum absolute atomic E-state index is 5.50. The minimum atomic E-state index is 0.449. The molecule has 1 aromatic carbocycles. The third kappa shape index (κ3) is 1.21. The molecule has 1 aliphatic heterocycles. The Morgan fingerprint density at radius 3 is 2.83 bits per heavy atom. The Kier molecular flexibility index (Phi) is 1.83. The van der Waals surface area contributed by atoms with Crippen LogP contribution >= 0.6 is 12.2 Å². The van der Waals surface area contributed by atoms with Crippen molar-refractivity contribution >= 4 is 17.2 Å². The molecule has 0 bridgehead atoms. The van der Waals surface area contributed by atoms with E-state index < -0.39 is 0 Å². The third-order valence-corrected chi connectivity index (χ3v) is 2.24. The van der Waals surface area contributed by atoms with Crippen LogP contribution in [0.5, 0.6) is 0 Å². The summed E-state index contributed by atoms with van der Waals surface area (Å²) in [5.74, 6) is 0. The fourth-order valence-electron chi connectivity index (χ4n) is 1.33. The van der Waals surface area contributed by atoms with Gasteiger partial charge in [-0.3, -0.25) is 0 Å². The van der Waals surface area contributed by atoms with E-state index >= 15 is 0 Å². The summed E-state index contributed by atoms with van der Waals surface area (Å²) in [5, 5.41) is 0. The van der Waals surface area contributed by atoms with Crippen LogP contribution in [-0.4, -0.2) is 4.99 Å². The summed E-state index contributed by atoms with van der Waals surface area (Å²) < 4.78 is 5.27. The van der Waals surface area contributed by atoms with Crippen LogP contribution in [0.15, 0.2) is 18.2 Å². The molecule has 1 aliphatic rings. The molecule has 2 N–H and O–H groups in total. The summed E-state index contributed by atoms with van der Waals surface area (Å²) >= 11 is 4.87. The fraction of sp³-hybridized carbons (Fsp3) is 0.222. The molecule has 1 aromatic rings. The Labute approximate surface area is 76.3 Å². The number of fused-ring (bicyclic) bond motifs is 1. The number of hydrogen-bond acceptors (Lipinski definition) is 2. The quantitative estimate of drug-likeness (QED) is 0.661. The van der Waals surface area contributed by atoms with Crippen LogP contribution < -0.4 is 5.73 Å². The molecular weight excluding hydrogens is 170 g/mol. The Balaban J connectivity index is 2.45. The molecule has 12 heavy (non-hydrogen) atoms. The molecule has 0 atom stereocenters. The average molecular weight is 179 g/mol. The molecule has 0 radical (unpaired) electrons. The average Bonchev–Trinajstić information content (AvgIpc) is 2.49. The first-order valence-electron chi connectivity index (χ1n) is 3.77. The highest BCUT2D eigenvalue weighted by atomic mass is 32.1. The van der Waals surface area contributed by atoms with Crippen molar-refractivity contribution in [2.45, 2.75) is 13.2 Å². The van der Waals surface area contributed by atoms with Crippen molar-refractivity contribution in [2.24, 2.45) is 5.73 Å². The van der Waals surface area contributed by atoms with E-state index in [1.807, 2.05) is 18.2 Å². The Bertz CT molecular complexity index is 335. The van der Waals surface area contributed by atoms with Gasteiger partial charge in [-0.2, -0.15) is 0 Å². The summed E-state index contributed by atoms with van der Waals surface area (Å²) in [4.78, 5) is 0.449. The summed E-state index contributed by atoms with van der Waals surface area (Å²) in [6.45, 7) is 1.40. The van der Waals surface area contributed by atoms with E-state index in [1.165, 1.54) is 11.1 Å². The minimum absolute atomic E-state index is 0.449. The van der Waals surface area contributed by atoms with E-state index in [9.17, 15) is 0 Å². The van der Waals surface area contributed by atoms with E-state index in [0.29, 0.717) is 18.2 Å². The maximum atomic E-state index is 5.50. The molecule has 0 spiro atoms. The topological polar surface area (TPSA) is 35.2 Å². The molecule has 0 unspecified atom stereocenters. The Hall–Kier alpha value is -0.930. The van der Waals surface area contributed by atoms with Gasteiger partial charge in [0.15, 0.2) is 0 Å². The van der Waals surface area contributed by atoms with Gasteiger partial charge in [0.05, 0.1) is 13.2 Å². The van der Waals surface area contributed by atoms with Crippen LogP contribution in [0.2, 0.25) is 0 Å². The molecule has 2 nitrogen and oxygen atoms in total. The maximum Gasteiger partial charge on any atom is 0.103 e. The second kappa shape index (κ2) is 2.84. The van der Waals surface area contributed by atoms with E-state index in [4.69, 9.17) is 22.7 Å².